The highest BCUT2D eigenvalue weighted by Gasteiger charge is 2.40. The quantitative estimate of drug-likeness (QED) is 0.549. The van der Waals surface area contributed by atoms with E-state index in [9.17, 15) is 27.6 Å². The highest BCUT2D eigenvalue weighted by atomic mass is 19.4. The van der Waals surface area contributed by atoms with Gasteiger partial charge in [-0.05, 0) is 19.3 Å². The molecule has 208 valence electrons. The zero-order chi connectivity index (χ0) is 28.6. The number of fused-ring (bicyclic) bond motifs is 2. The van der Waals surface area contributed by atoms with Crippen LogP contribution in [0.25, 0.3) is 11.2 Å². The molecule has 0 radical (unpaired) electrons. The summed E-state index contributed by atoms with van der Waals surface area (Å²) in [5.74, 6) is 4.21. The molecule has 0 bridgehead atoms. The summed E-state index contributed by atoms with van der Waals surface area (Å²) in [6.07, 6.45) is -4.02. The second-order valence-electron chi connectivity index (χ2n) is 10.3. The number of carbonyl (C=O) groups excluding carboxylic acids is 1. The van der Waals surface area contributed by atoms with Gasteiger partial charge in [0.2, 0.25) is 5.95 Å². The third-order valence-electron chi connectivity index (χ3n) is 6.71. The fourth-order valence-corrected chi connectivity index (χ4v) is 4.50. The van der Waals surface area contributed by atoms with Crippen molar-refractivity contribution in [2.24, 2.45) is 18.4 Å². The highest BCUT2D eigenvalue weighted by Crippen LogP contribution is 2.32. The topological polar surface area (TPSA) is 131 Å². The van der Waals surface area contributed by atoms with E-state index in [-0.39, 0.29) is 12.3 Å². The van der Waals surface area contributed by atoms with Gasteiger partial charge in [-0.1, -0.05) is 26.7 Å². The molecule has 0 aromatic carbocycles. The van der Waals surface area contributed by atoms with Gasteiger partial charge in [-0.3, -0.25) is 23.3 Å². The summed E-state index contributed by atoms with van der Waals surface area (Å²) in [4.78, 5) is 54.9. The third kappa shape index (κ3) is 5.62. The lowest BCUT2D eigenvalue weighted by Gasteiger charge is -2.24. The van der Waals surface area contributed by atoms with Crippen LogP contribution in [0.2, 0.25) is 0 Å². The molecule has 0 amide bonds. The van der Waals surface area contributed by atoms with Crippen molar-refractivity contribution in [1.82, 2.24) is 24.0 Å². The Morgan fingerprint density at radius 2 is 1.79 bits per heavy atom. The number of alkyl halides is 3. The van der Waals surface area contributed by atoms with E-state index < -0.39 is 28.8 Å². The summed E-state index contributed by atoms with van der Waals surface area (Å²) >= 11 is 0. The van der Waals surface area contributed by atoms with Crippen LogP contribution in [0.15, 0.2) is 9.59 Å². The molecule has 0 spiro atoms. The molecule has 2 aliphatic rings. The summed E-state index contributed by atoms with van der Waals surface area (Å²) in [6.45, 7) is 9.83. The number of hydrogen-bond acceptors (Lipinski definition) is 7. The number of imidazole rings is 1. The average Bonchev–Trinajstić information content (AvgIpc) is 3.52. The summed E-state index contributed by atoms with van der Waals surface area (Å²) in [5.41, 5.74) is -1.03. The second kappa shape index (κ2) is 10.6. The first-order valence-corrected chi connectivity index (χ1v) is 12.0. The third-order valence-corrected chi connectivity index (χ3v) is 6.71. The van der Waals surface area contributed by atoms with Crippen molar-refractivity contribution in [2.45, 2.75) is 59.4 Å². The minimum absolute atomic E-state index is 0.176. The Hall–Kier alpha value is -3.60. The Bertz CT molecular complexity index is 1420. The normalized spacial score (nSPS) is 19.0. The fourth-order valence-electron chi connectivity index (χ4n) is 4.50. The number of aliphatic carboxylic acids is 1. The van der Waals surface area contributed by atoms with Gasteiger partial charge >= 0.3 is 17.8 Å². The number of nitrogens with one attached hydrogen (secondary N) is 1. The van der Waals surface area contributed by atoms with Crippen LogP contribution in [0.4, 0.5) is 19.1 Å². The first kappa shape index (κ1) is 29.0. The summed E-state index contributed by atoms with van der Waals surface area (Å²) < 4.78 is 35.9. The summed E-state index contributed by atoms with van der Waals surface area (Å²) in [5, 5.41) is 10.6. The monoisotopic (exact) mass is 540 g/mol. The predicted octanol–water partition coefficient (Wildman–Crippen LogP) is 0.967. The van der Waals surface area contributed by atoms with Crippen molar-refractivity contribution in [1.29, 1.82) is 0 Å². The molecule has 11 nitrogen and oxygen atoms in total. The molecular weight excluding hydrogens is 509 g/mol. The van der Waals surface area contributed by atoms with Crippen LogP contribution < -0.4 is 21.5 Å². The van der Waals surface area contributed by atoms with Crippen LogP contribution >= 0.6 is 0 Å². The number of aromatic nitrogens is 4. The molecule has 4 rings (SSSR count). The molecule has 0 aliphatic carbocycles. The number of anilines is 1. The summed E-state index contributed by atoms with van der Waals surface area (Å²) in [6, 6.07) is 0.312. The van der Waals surface area contributed by atoms with Gasteiger partial charge in [-0.25, -0.2) is 9.59 Å². The van der Waals surface area contributed by atoms with Crippen molar-refractivity contribution < 1.29 is 27.9 Å². The van der Waals surface area contributed by atoms with Crippen LogP contribution in [0.5, 0.6) is 0 Å². The number of carboxylic acids is 1. The minimum atomic E-state index is -5.08. The van der Waals surface area contributed by atoms with Gasteiger partial charge in [0.05, 0.1) is 13.1 Å². The number of ketones is 1. The van der Waals surface area contributed by atoms with E-state index in [1.807, 2.05) is 4.57 Å². The molecule has 2 aromatic heterocycles. The van der Waals surface area contributed by atoms with Crippen LogP contribution in [0, 0.1) is 23.2 Å². The number of halogens is 3. The minimum Gasteiger partial charge on any atom is -0.475 e. The Morgan fingerprint density at radius 1 is 1.16 bits per heavy atom. The smallest absolute Gasteiger partial charge is 0.475 e. The highest BCUT2D eigenvalue weighted by molar-refractivity contribution is 5.84. The van der Waals surface area contributed by atoms with Gasteiger partial charge in [0.25, 0.3) is 5.56 Å². The average molecular weight is 541 g/mol. The molecule has 2 aromatic rings. The standard InChI is InChI=1S/C22H30N6O3.C2HF3O2/c1-6-7-9-27-17-18(24-20(27)26-10-8-14-11-23-12-15(14)26)25(5)21(31)28(19(17)30)13-16(29)22(2,3)4;3-2(4,5)1(6)7/h14-15,23H,8-13H2,1-5H3;(H,6,7). The Kier molecular flexibility index (Phi) is 8.11. The predicted molar refractivity (Wildman–Crippen MR) is 133 cm³/mol. The molecule has 2 atom stereocenters. The maximum atomic E-state index is 13.5. The van der Waals surface area contributed by atoms with Crippen LogP contribution in [-0.2, 0) is 29.7 Å². The molecule has 2 N–H and O–H groups in total. The van der Waals surface area contributed by atoms with Crippen molar-refractivity contribution in [3.05, 3.63) is 20.8 Å². The van der Waals surface area contributed by atoms with Crippen molar-refractivity contribution in [2.75, 3.05) is 24.5 Å². The maximum absolute atomic E-state index is 13.5. The van der Waals surface area contributed by atoms with E-state index in [0.29, 0.717) is 35.6 Å². The van der Waals surface area contributed by atoms with E-state index in [0.717, 1.165) is 30.6 Å². The zero-order valence-corrected chi connectivity index (χ0v) is 21.8. The number of aryl methyl sites for hydroxylation is 1. The molecule has 38 heavy (non-hydrogen) atoms. The zero-order valence-electron chi connectivity index (χ0n) is 21.8. The first-order valence-electron chi connectivity index (χ1n) is 12.0. The van der Waals surface area contributed by atoms with Crippen LogP contribution in [0.1, 0.15) is 34.1 Å². The molecule has 4 heterocycles. The largest absolute Gasteiger partial charge is 0.490 e. The molecule has 2 saturated heterocycles. The van der Waals surface area contributed by atoms with Gasteiger partial charge in [0.15, 0.2) is 16.9 Å². The van der Waals surface area contributed by atoms with Crippen LogP contribution in [0.3, 0.4) is 0 Å². The number of nitrogens with zero attached hydrogens (tertiary/aromatic N) is 5. The van der Waals surface area contributed by atoms with Gasteiger partial charge in [0.1, 0.15) is 0 Å². The van der Waals surface area contributed by atoms with E-state index >= 15 is 0 Å². The van der Waals surface area contributed by atoms with Crippen molar-refractivity contribution in [3.63, 3.8) is 0 Å². The Morgan fingerprint density at radius 3 is 2.34 bits per heavy atom. The lowest BCUT2D eigenvalue weighted by molar-refractivity contribution is -0.192. The van der Waals surface area contributed by atoms with Gasteiger partial charge < -0.3 is 15.3 Å². The van der Waals surface area contributed by atoms with E-state index in [1.165, 1.54) is 4.57 Å². The molecule has 0 saturated carbocycles. The number of rotatable bonds is 4. The Labute approximate surface area is 216 Å². The van der Waals surface area contributed by atoms with Crippen molar-refractivity contribution in [3.8, 4) is 11.8 Å². The number of Topliss-reactive ketones (excluding diaryl/α,β-unsaturated/α-hetero) is 1. The molecule has 14 heteroatoms. The van der Waals surface area contributed by atoms with E-state index in [4.69, 9.17) is 14.9 Å². The molecule has 2 aliphatic heterocycles. The first-order chi connectivity index (χ1) is 17.6. The van der Waals surface area contributed by atoms with Gasteiger partial charge in [-0.2, -0.15) is 18.2 Å². The Balaban J connectivity index is 0.000000505. The fraction of sp³-hybridized carbons (Fsp3) is 0.625. The summed E-state index contributed by atoms with van der Waals surface area (Å²) in [7, 11) is 1.60. The van der Waals surface area contributed by atoms with E-state index in [1.54, 1.807) is 34.7 Å². The maximum Gasteiger partial charge on any atom is 0.490 e. The SMILES string of the molecule is CC#CCn1c(N2CCC3CNCC32)nc2c1c(=O)n(CC(=O)C(C)(C)C)c(=O)n2C.O=C(O)C(F)(F)F. The number of hydrogen-bond donors (Lipinski definition) is 2. The number of carboxylic acid groups (broad SMARTS) is 1. The van der Waals surface area contributed by atoms with E-state index in [2.05, 4.69) is 22.1 Å². The molecule has 2 unspecified atom stereocenters. The van der Waals surface area contributed by atoms with Crippen molar-refractivity contribution >= 4 is 28.9 Å². The number of carbonyl (C=O) groups is 2. The lowest BCUT2D eigenvalue weighted by atomic mass is 9.91. The molecule has 2 fully saturated rings. The van der Waals surface area contributed by atoms with Gasteiger partial charge in [-0.15, -0.1) is 5.92 Å². The van der Waals surface area contributed by atoms with Crippen LogP contribution in [-0.4, -0.2) is 67.4 Å². The van der Waals surface area contributed by atoms with Gasteiger partial charge in [0, 0.05) is 38.1 Å². The lowest BCUT2D eigenvalue weighted by Crippen LogP contribution is -2.43. The second-order valence-corrected chi connectivity index (χ2v) is 10.3. The molecular formula is C24H31F3N6O5.